The van der Waals surface area contributed by atoms with Crippen LogP contribution in [0.15, 0.2) is 0 Å². The minimum atomic E-state index is -2.22. The van der Waals surface area contributed by atoms with Gasteiger partial charge in [0, 0.05) is 40.5 Å². The van der Waals surface area contributed by atoms with E-state index >= 15 is 0 Å². The van der Waals surface area contributed by atoms with E-state index in [0.29, 0.717) is 13.1 Å². The van der Waals surface area contributed by atoms with E-state index in [-0.39, 0.29) is 0 Å². The van der Waals surface area contributed by atoms with E-state index in [4.69, 9.17) is 24.7 Å². The quantitative estimate of drug-likeness (QED) is 0.629. The number of nitrogens with two attached hydrogens (primary N) is 2. The zero-order chi connectivity index (χ0) is 11.4. The van der Waals surface area contributed by atoms with Gasteiger partial charge in [-0.25, -0.2) is 0 Å². The van der Waals surface area contributed by atoms with Crippen molar-refractivity contribution in [3.05, 3.63) is 0 Å². The molecule has 0 aromatic carbocycles. The molecule has 0 atom stereocenters. The molecule has 0 aliphatic carbocycles. The first-order valence-electron chi connectivity index (χ1n) is 4.71. The lowest BCUT2D eigenvalue weighted by molar-refractivity contribution is 0.123. The largest absolute Gasteiger partial charge is 0.500 e. The highest BCUT2D eigenvalue weighted by atomic mass is 28.4. The van der Waals surface area contributed by atoms with Crippen molar-refractivity contribution < 1.29 is 13.3 Å². The first-order chi connectivity index (χ1) is 6.66. The molecule has 14 heavy (non-hydrogen) atoms. The third-order valence-corrected chi connectivity index (χ3v) is 4.63. The van der Waals surface area contributed by atoms with Crippen molar-refractivity contribution in [2.75, 3.05) is 34.4 Å². The summed E-state index contributed by atoms with van der Waals surface area (Å²) >= 11 is 0. The molecule has 0 aliphatic rings. The molecule has 5 nitrogen and oxygen atoms in total. The summed E-state index contributed by atoms with van der Waals surface area (Å²) in [6, 6.07) is 0.885. The monoisotopic (exact) mass is 224 g/mol. The molecule has 0 saturated carbocycles. The molecule has 0 saturated heterocycles. The molecule has 4 N–H and O–H groups in total. The average molecular weight is 224 g/mol. The van der Waals surface area contributed by atoms with Crippen LogP contribution in [0.1, 0.15) is 13.3 Å². The summed E-state index contributed by atoms with van der Waals surface area (Å²) < 4.78 is 15.5. The van der Waals surface area contributed by atoms with Crippen LogP contribution in [0, 0.1) is 0 Å². The lowest BCUT2D eigenvalue weighted by Gasteiger charge is -2.23. The topological polar surface area (TPSA) is 79.7 Å². The first-order valence-corrected chi connectivity index (χ1v) is 6.65. The van der Waals surface area contributed by atoms with E-state index in [1.165, 1.54) is 0 Å². The summed E-state index contributed by atoms with van der Waals surface area (Å²) in [4.78, 5) is 0. The normalized spacial score (nSPS) is 10.7. The fraction of sp³-hybridized carbons (Fsp3) is 1.00. The van der Waals surface area contributed by atoms with Crippen molar-refractivity contribution in [3.8, 4) is 0 Å². The highest BCUT2D eigenvalue weighted by Crippen LogP contribution is 2.13. The van der Waals surface area contributed by atoms with Crippen molar-refractivity contribution in [2.45, 2.75) is 19.4 Å². The number of rotatable bonds is 6. The maximum Gasteiger partial charge on any atom is 0.500 e. The Kier molecular flexibility index (Phi) is 13.0. The van der Waals surface area contributed by atoms with Gasteiger partial charge < -0.3 is 24.7 Å². The van der Waals surface area contributed by atoms with Gasteiger partial charge in [-0.15, -0.1) is 0 Å². The highest BCUT2D eigenvalue weighted by molar-refractivity contribution is 6.60. The summed E-state index contributed by atoms with van der Waals surface area (Å²) in [5.41, 5.74) is 9.81. The smallest absolute Gasteiger partial charge is 0.377 e. The van der Waals surface area contributed by atoms with Gasteiger partial charge in [-0.2, -0.15) is 0 Å². The van der Waals surface area contributed by atoms with Gasteiger partial charge in [-0.1, -0.05) is 13.3 Å². The van der Waals surface area contributed by atoms with Crippen molar-refractivity contribution in [1.82, 2.24) is 0 Å². The Morgan fingerprint density at radius 2 is 1.29 bits per heavy atom. The van der Waals surface area contributed by atoms with Crippen LogP contribution in [0.5, 0.6) is 0 Å². The third kappa shape index (κ3) is 7.42. The van der Waals surface area contributed by atoms with E-state index in [1.54, 1.807) is 21.3 Å². The Labute approximate surface area is 88.1 Å². The number of hydrogen-bond acceptors (Lipinski definition) is 5. The molecular formula is C8H24N2O3Si. The molecule has 6 heteroatoms. The summed E-state index contributed by atoms with van der Waals surface area (Å²) in [5, 5.41) is 0. The molecule has 88 valence electrons. The van der Waals surface area contributed by atoms with Gasteiger partial charge in [-0.3, -0.25) is 0 Å². The van der Waals surface area contributed by atoms with Gasteiger partial charge in [0.25, 0.3) is 0 Å². The standard InChI is InChI=1S/C6H16O3Si.C2H8N2/c1-5-6-10(7-2,8-3)9-4;3-1-2-4/h5-6H2,1-4H3;1-4H2. The highest BCUT2D eigenvalue weighted by Gasteiger charge is 2.36. The molecule has 0 aromatic rings. The second-order valence-corrected chi connectivity index (χ2v) is 5.71. The predicted molar refractivity (Wildman–Crippen MR) is 60.0 cm³/mol. The Hall–Kier alpha value is 0.0169. The van der Waals surface area contributed by atoms with Crippen molar-refractivity contribution in [3.63, 3.8) is 0 Å². The lowest BCUT2D eigenvalue weighted by atomic mass is 10.6. The Bertz CT molecular complexity index is 102. The molecule has 0 aromatic heterocycles. The van der Waals surface area contributed by atoms with Crippen LogP contribution in [0.4, 0.5) is 0 Å². The van der Waals surface area contributed by atoms with Gasteiger partial charge in [0.2, 0.25) is 0 Å². The van der Waals surface area contributed by atoms with Crippen LogP contribution in [0.3, 0.4) is 0 Å². The van der Waals surface area contributed by atoms with Crippen LogP contribution in [-0.4, -0.2) is 43.2 Å². The van der Waals surface area contributed by atoms with Crippen LogP contribution >= 0.6 is 0 Å². The molecule has 0 rings (SSSR count). The third-order valence-electron chi connectivity index (χ3n) is 1.66. The second kappa shape index (κ2) is 11.1. The molecule has 0 bridgehead atoms. The summed E-state index contributed by atoms with van der Waals surface area (Å²) in [6.45, 7) is 3.28. The SMILES string of the molecule is CCC[Si](OC)(OC)OC.NCCN. The molecule has 0 fully saturated rings. The van der Waals surface area contributed by atoms with E-state index in [0.717, 1.165) is 12.5 Å². The fourth-order valence-electron chi connectivity index (χ4n) is 0.862. The Balaban J connectivity index is 0. The maximum atomic E-state index is 5.17. The van der Waals surface area contributed by atoms with Crippen LogP contribution in [-0.2, 0) is 13.3 Å². The Morgan fingerprint density at radius 1 is 0.929 bits per heavy atom. The molecule has 0 aliphatic heterocycles. The van der Waals surface area contributed by atoms with Crippen molar-refractivity contribution >= 4 is 8.80 Å². The van der Waals surface area contributed by atoms with Crippen LogP contribution in [0.2, 0.25) is 6.04 Å². The van der Waals surface area contributed by atoms with Gasteiger partial charge in [-0.05, 0) is 0 Å². The summed E-state index contributed by atoms with van der Waals surface area (Å²) in [5.74, 6) is 0. The minimum absolute atomic E-state index is 0.597. The fourth-order valence-corrected chi connectivity index (χ4v) is 2.59. The van der Waals surface area contributed by atoms with Crippen molar-refractivity contribution in [1.29, 1.82) is 0 Å². The lowest BCUT2D eigenvalue weighted by Crippen LogP contribution is -2.42. The second-order valence-electron chi connectivity index (χ2n) is 2.62. The first kappa shape index (κ1) is 16.4. The molecule has 0 unspecified atom stereocenters. The van der Waals surface area contributed by atoms with Crippen LogP contribution in [0.25, 0.3) is 0 Å². The predicted octanol–water partition coefficient (Wildman–Crippen LogP) is 0.178. The molecule has 0 amide bonds. The van der Waals surface area contributed by atoms with Gasteiger partial charge >= 0.3 is 8.80 Å². The number of hydrogen-bond donors (Lipinski definition) is 2. The Morgan fingerprint density at radius 3 is 1.36 bits per heavy atom. The maximum absolute atomic E-state index is 5.17. The van der Waals surface area contributed by atoms with Crippen molar-refractivity contribution in [2.24, 2.45) is 11.5 Å². The van der Waals surface area contributed by atoms with E-state index in [1.807, 2.05) is 0 Å². The van der Waals surface area contributed by atoms with E-state index < -0.39 is 8.80 Å². The summed E-state index contributed by atoms with van der Waals surface area (Å²) in [7, 11) is 2.68. The van der Waals surface area contributed by atoms with E-state index in [9.17, 15) is 0 Å². The molecular weight excluding hydrogens is 200 g/mol. The zero-order valence-corrected chi connectivity index (χ0v) is 10.7. The minimum Gasteiger partial charge on any atom is -0.377 e. The zero-order valence-electron chi connectivity index (χ0n) is 9.71. The van der Waals surface area contributed by atoms with E-state index in [2.05, 4.69) is 6.92 Å². The average Bonchev–Trinajstić information content (AvgIpc) is 2.26. The van der Waals surface area contributed by atoms with Crippen LogP contribution < -0.4 is 11.5 Å². The van der Waals surface area contributed by atoms with Gasteiger partial charge in [0.15, 0.2) is 0 Å². The molecule has 0 heterocycles. The summed E-state index contributed by atoms with van der Waals surface area (Å²) in [6.07, 6.45) is 1.03. The molecule has 0 radical (unpaired) electrons. The molecule has 0 spiro atoms. The van der Waals surface area contributed by atoms with Gasteiger partial charge in [0.1, 0.15) is 0 Å². The van der Waals surface area contributed by atoms with Gasteiger partial charge in [0.05, 0.1) is 0 Å².